The summed E-state index contributed by atoms with van der Waals surface area (Å²) in [5.41, 5.74) is 4.50. The molecule has 0 saturated carbocycles. The Bertz CT molecular complexity index is 289. The lowest BCUT2D eigenvalue weighted by Gasteiger charge is -2.37. The number of sulfonamides is 1. The second-order valence-corrected chi connectivity index (χ2v) is 5.35. The quantitative estimate of drug-likeness (QED) is 0.757. The summed E-state index contributed by atoms with van der Waals surface area (Å²) in [4.78, 5) is 0. The third-order valence-electron chi connectivity index (χ3n) is 2.62. The zero-order chi connectivity index (χ0) is 12.3. The normalized spacial score (nSPS) is 17.1. The third kappa shape index (κ3) is 2.85. The van der Waals surface area contributed by atoms with Crippen LogP contribution in [-0.4, -0.2) is 37.1 Å². The molecule has 7 heteroatoms. The lowest BCUT2D eigenvalue weighted by Crippen LogP contribution is -2.55. The first kappa shape index (κ1) is 14.7. The van der Waals surface area contributed by atoms with Gasteiger partial charge in [0.1, 0.15) is 0 Å². The van der Waals surface area contributed by atoms with E-state index in [2.05, 4.69) is 0 Å². The van der Waals surface area contributed by atoms with Gasteiger partial charge < -0.3 is 5.73 Å². The van der Waals surface area contributed by atoms with Crippen LogP contribution in [0.2, 0.25) is 0 Å². The lowest BCUT2D eigenvalue weighted by atomic mass is 9.99. The smallest absolute Gasteiger partial charge is 0.329 e. The van der Waals surface area contributed by atoms with Gasteiger partial charge in [-0.25, -0.2) is 8.42 Å². The second-order valence-electron chi connectivity index (χ2n) is 3.52. The molecule has 0 rings (SSSR count). The van der Waals surface area contributed by atoms with Crippen LogP contribution in [0.1, 0.15) is 27.2 Å². The Morgan fingerprint density at radius 3 is 2.07 bits per heavy atom. The van der Waals surface area contributed by atoms with Gasteiger partial charge in [-0.1, -0.05) is 13.8 Å². The van der Waals surface area contributed by atoms with Crippen LogP contribution in [0.3, 0.4) is 0 Å². The lowest BCUT2D eigenvalue weighted by molar-refractivity contribution is 0.173. The van der Waals surface area contributed by atoms with Gasteiger partial charge in [0.15, 0.2) is 0 Å². The molecule has 0 aromatic carbocycles. The summed E-state index contributed by atoms with van der Waals surface area (Å²) in [6.45, 7) is 4.81. The molecule has 1 unspecified atom stereocenters. The number of rotatable bonds is 6. The fourth-order valence-corrected chi connectivity index (χ4v) is 2.76. The van der Waals surface area contributed by atoms with Crippen molar-refractivity contribution in [2.75, 3.05) is 13.1 Å². The minimum absolute atomic E-state index is 0.00574. The van der Waals surface area contributed by atoms with Crippen LogP contribution in [0.15, 0.2) is 0 Å². The summed E-state index contributed by atoms with van der Waals surface area (Å²) in [5, 5.41) is 0. The molecule has 0 heterocycles. The molecule has 0 bridgehead atoms. The van der Waals surface area contributed by atoms with E-state index in [-0.39, 0.29) is 13.1 Å². The van der Waals surface area contributed by atoms with Gasteiger partial charge >= 0.3 is 5.76 Å². The van der Waals surface area contributed by atoms with Crippen LogP contribution in [0.4, 0.5) is 8.78 Å². The van der Waals surface area contributed by atoms with E-state index in [1.807, 2.05) is 0 Å². The molecule has 0 aromatic heterocycles. The summed E-state index contributed by atoms with van der Waals surface area (Å²) in [6.07, 6.45) is 0.392. The van der Waals surface area contributed by atoms with Crippen LogP contribution in [0, 0.1) is 0 Å². The summed E-state index contributed by atoms with van der Waals surface area (Å²) < 4.78 is 48.2. The third-order valence-corrected chi connectivity index (χ3v) is 4.39. The molecule has 0 aliphatic rings. The highest BCUT2D eigenvalue weighted by atomic mass is 32.2. The molecule has 1 atom stereocenters. The van der Waals surface area contributed by atoms with Gasteiger partial charge in [0.25, 0.3) is 10.0 Å². The Kier molecular flexibility index (Phi) is 5.08. The predicted molar refractivity (Wildman–Crippen MR) is 55.1 cm³/mol. The molecule has 0 amide bonds. The first-order valence-corrected chi connectivity index (χ1v) is 6.26. The molecule has 0 aliphatic carbocycles. The number of hydrogen-bond donors (Lipinski definition) is 1. The summed E-state index contributed by atoms with van der Waals surface area (Å²) in [7, 11) is -4.55. The fourth-order valence-electron chi connectivity index (χ4n) is 1.39. The number of likely N-dealkylation sites (N-methyl/N-ethyl adjacent to an activating group) is 1. The molecule has 0 aromatic rings. The van der Waals surface area contributed by atoms with Crippen molar-refractivity contribution in [3.63, 3.8) is 0 Å². The number of alkyl halides is 2. The van der Waals surface area contributed by atoms with E-state index in [4.69, 9.17) is 5.73 Å². The number of hydrogen-bond acceptors (Lipinski definition) is 3. The Labute approximate surface area is 89.5 Å². The average molecular weight is 244 g/mol. The fraction of sp³-hybridized carbons (Fsp3) is 1.00. The SMILES string of the molecule is CCN(C(C)(CC)CN)S(=O)(=O)C(F)F. The molecule has 0 saturated heterocycles. The van der Waals surface area contributed by atoms with Crippen molar-refractivity contribution < 1.29 is 17.2 Å². The molecule has 0 aliphatic heterocycles. The molecule has 0 radical (unpaired) electrons. The van der Waals surface area contributed by atoms with Crippen LogP contribution in [0.5, 0.6) is 0 Å². The first-order valence-electron chi connectivity index (χ1n) is 4.76. The molecular formula is C8H18F2N2O2S. The van der Waals surface area contributed by atoms with E-state index in [0.717, 1.165) is 4.31 Å². The molecular weight excluding hydrogens is 226 g/mol. The summed E-state index contributed by atoms with van der Waals surface area (Å²) >= 11 is 0. The summed E-state index contributed by atoms with van der Waals surface area (Å²) in [6, 6.07) is 0. The van der Waals surface area contributed by atoms with Crippen molar-refractivity contribution in [2.24, 2.45) is 5.73 Å². The van der Waals surface area contributed by atoms with Crippen molar-refractivity contribution >= 4 is 10.0 Å². The van der Waals surface area contributed by atoms with Gasteiger partial charge in [-0.2, -0.15) is 13.1 Å². The van der Waals surface area contributed by atoms with E-state index >= 15 is 0 Å². The van der Waals surface area contributed by atoms with Crippen molar-refractivity contribution in [3.05, 3.63) is 0 Å². The van der Waals surface area contributed by atoms with Crippen molar-refractivity contribution in [3.8, 4) is 0 Å². The number of nitrogens with two attached hydrogens (primary N) is 1. The number of halogens is 2. The molecule has 4 nitrogen and oxygen atoms in total. The van der Waals surface area contributed by atoms with E-state index in [9.17, 15) is 17.2 Å². The van der Waals surface area contributed by atoms with Gasteiger partial charge in [-0.15, -0.1) is 0 Å². The minimum atomic E-state index is -4.55. The van der Waals surface area contributed by atoms with Crippen LogP contribution >= 0.6 is 0 Å². The second kappa shape index (κ2) is 5.18. The molecule has 0 fully saturated rings. The standard InChI is InChI=1S/C8H18F2N2O2S/c1-4-8(3,6-11)12(5-2)15(13,14)7(9)10/h7H,4-6,11H2,1-3H3. The van der Waals surface area contributed by atoms with Crippen molar-refractivity contribution in [1.82, 2.24) is 4.31 Å². The molecule has 2 N–H and O–H groups in total. The van der Waals surface area contributed by atoms with Gasteiger partial charge in [0.05, 0.1) is 0 Å². The van der Waals surface area contributed by atoms with E-state index in [1.165, 1.54) is 6.92 Å². The molecule has 92 valence electrons. The van der Waals surface area contributed by atoms with Gasteiger partial charge in [0, 0.05) is 18.6 Å². The highest BCUT2D eigenvalue weighted by Gasteiger charge is 2.41. The monoisotopic (exact) mass is 244 g/mol. The van der Waals surface area contributed by atoms with E-state index in [1.54, 1.807) is 13.8 Å². The largest absolute Gasteiger partial charge is 0.350 e. The van der Waals surface area contributed by atoms with E-state index in [0.29, 0.717) is 6.42 Å². The van der Waals surface area contributed by atoms with Crippen LogP contribution < -0.4 is 5.73 Å². The maximum absolute atomic E-state index is 12.4. The molecule has 0 spiro atoms. The van der Waals surface area contributed by atoms with Crippen LogP contribution in [0.25, 0.3) is 0 Å². The maximum Gasteiger partial charge on any atom is 0.350 e. The topological polar surface area (TPSA) is 63.4 Å². The first-order chi connectivity index (χ1) is 6.76. The zero-order valence-corrected chi connectivity index (χ0v) is 10.0. The highest BCUT2D eigenvalue weighted by Crippen LogP contribution is 2.25. The Hall–Kier alpha value is -0.270. The molecule has 15 heavy (non-hydrogen) atoms. The zero-order valence-electron chi connectivity index (χ0n) is 9.20. The Morgan fingerprint density at radius 2 is 1.87 bits per heavy atom. The van der Waals surface area contributed by atoms with Gasteiger partial charge in [0.2, 0.25) is 0 Å². The average Bonchev–Trinajstić information content (AvgIpc) is 2.17. The minimum Gasteiger partial charge on any atom is -0.329 e. The maximum atomic E-state index is 12.4. The van der Waals surface area contributed by atoms with Crippen molar-refractivity contribution in [2.45, 2.75) is 38.5 Å². The van der Waals surface area contributed by atoms with Crippen LogP contribution in [-0.2, 0) is 10.0 Å². The van der Waals surface area contributed by atoms with E-state index < -0.39 is 21.3 Å². The predicted octanol–water partition coefficient (Wildman–Crippen LogP) is 0.988. The number of nitrogens with zero attached hydrogens (tertiary/aromatic N) is 1. The van der Waals surface area contributed by atoms with Crippen molar-refractivity contribution in [1.29, 1.82) is 0 Å². The Morgan fingerprint density at radius 1 is 1.40 bits per heavy atom. The van der Waals surface area contributed by atoms with Gasteiger partial charge in [-0.05, 0) is 13.3 Å². The van der Waals surface area contributed by atoms with Gasteiger partial charge in [-0.3, -0.25) is 0 Å². The Balaban J connectivity index is 5.25. The highest BCUT2D eigenvalue weighted by molar-refractivity contribution is 7.89. The summed E-state index contributed by atoms with van der Waals surface area (Å²) in [5.74, 6) is -3.39.